The fraction of sp³-hybridized carbons (Fsp3) is 0.786. The Labute approximate surface area is 121 Å². The van der Waals surface area contributed by atoms with Crippen molar-refractivity contribution in [3.05, 3.63) is 11.4 Å². The van der Waals surface area contributed by atoms with E-state index in [0.717, 1.165) is 12.3 Å². The zero-order chi connectivity index (χ0) is 14.8. The fourth-order valence-corrected chi connectivity index (χ4v) is 4.64. The van der Waals surface area contributed by atoms with E-state index < -0.39 is 10.0 Å². The van der Waals surface area contributed by atoms with Gasteiger partial charge in [-0.2, -0.15) is 5.10 Å². The molecular formula is C14H25N3O2S. The highest BCUT2D eigenvalue weighted by Crippen LogP contribution is 2.30. The molecule has 1 heterocycles. The Morgan fingerprint density at radius 2 is 2.10 bits per heavy atom. The predicted molar refractivity (Wildman–Crippen MR) is 79.0 cm³/mol. The van der Waals surface area contributed by atoms with Gasteiger partial charge < -0.3 is 0 Å². The third-order valence-electron chi connectivity index (χ3n) is 4.22. The summed E-state index contributed by atoms with van der Waals surface area (Å²) >= 11 is 0. The molecule has 1 aromatic heterocycles. The molecule has 0 aromatic carbocycles. The van der Waals surface area contributed by atoms with Crippen LogP contribution in [0.1, 0.15) is 50.4 Å². The summed E-state index contributed by atoms with van der Waals surface area (Å²) in [7, 11) is -3.44. The van der Waals surface area contributed by atoms with Crippen LogP contribution in [0.3, 0.4) is 0 Å². The first kappa shape index (κ1) is 15.5. The standard InChI is InChI=1S/C14H25N3O2S/c1-10-5-4-6-13(9-10)7-8-15-20(18,19)14-11(2)16-17-12(14)3/h10,13,15H,4-9H2,1-3H3,(H,16,17). The summed E-state index contributed by atoms with van der Waals surface area (Å²) in [6, 6.07) is 0. The van der Waals surface area contributed by atoms with Crippen molar-refractivity contribution in [3.63, 3.8) is 0 Å². The van der Waals surface area contributed by atoms with E-state index in [2.05, 4.69) is 21.8 Å². The third kappa shape index (κ3) is 3.61. The molecule has 0 amide bonds. The van der Waals surface area contributed by atoms with Crippen LogP contribution in [0.4, 0.5) is 0 Å². The molecule has 2 N–H and O–H groups in total. The second kappa shape index (κ2) is 6.26. The monoisotopic (exact) mass is 299 g/mol. The summed E-state index contributed by atoms with van der Waals surface area (Å²) < 4.78 is 27.3. The first-order chi connectivity index (χ1) is 9.40. The topological polar surface area (TPSA) is 74.8 Å². The maximum atomic E-state index is 12.3. The van der Waals surface area contributed by atoms with Gasteiger partial charge in [0.05, 0.1) is 11.4 Å². The van der Waals surface area contributed by atoms with Gasteiger partial charge in [0.25, 0.3) is 0 Å². The number of sulfonamides is 1. The van der Waals surface area contributed by atoms with Crippen LogP contribution in [0, 0.1) is 25.7 Å². The molecule has 1 aromatic rings. The summed E-state index contributed by atoms with van der Waals surface area (Å²) in [5.41, 5.74) is 1.13. The van der Waals surface area contributed by atoms with Crippen LogP contribution < -0.4 is 4.72 Å². The van der Waals surface area contributed by atoms with Crippen LogP contribution in [0.15, 0.2) is 4.90 Å². The average Bonchev–Trinajstić information content (AvgIpc) is 2.69. The highest BCUT2D eigenvalue weighted by atomic mass is 32.2. The maximum Gasteiger partial charge on any atom is 0.244 e. The number of aromatic nitrogens is 2. The van der Waals surface area contributed by atoms with Crippen molar-refractivity contribution in [2.45, 2.75) is 57.8 Å². The summed E-state index contributed by atoms with van der Waals surface area (Å²) in [4.78, 5) is 0.300. The van der Waals surface area contributed by atoms with Gasteiger partial charge in [-0.1, -0.05) is 26.2 Å². The molecule has 0 saturated heterocycles. The largest absolute Gasteiger partial charge is 0.281 e. The summed E-state index contributed by atoms with van der Waals surface area (Å²) in [5, 5.41) is 6.67. The van der Waals surface area contributed by atoms with Crippen LogP contribution >= 0.6 is 0 Å². The van der Waals surface area contributed by atoms with Gasteiger partial charge in [0.2, 0.25) is 10.0 Å². The number of H-pyrrole nitrogens is 1. The summed E-state index contributed by atoms with van der Waals surface area (Å²) in [6.07, 6.45) is 5.98. The molecule has 20 heavy (non-hydrogen) atoms. The molecule has 2 unspecified atom stereocenters. The minimum atomic E-state index is -3.44. The van der Waals surface area contributed by atoms with E-state index in [1.807, 2.05) is 0 Å². The lowest BCUT2D eigenvalue weighted by Crippen LogP contribution is -2.28. The molecule has 0 spiro atoms. The van der Waals surface area contributed by atoms with Crippen molar-refractivity contribution in [1.82, 2.24) is 14.9 Å². The highest BCUT2D eigenvalue weighted by molar-refractivity contribution is 7.89. The molecule has 0 aliphatic heterocycles. The maximum absolute atomic E-state index is 12.3. The van der Waals surface area contributed by atoms with Crippen molar-refractivity contribution in [2.24, 2.45) is 11.8 Å². The quantitative estimate of drug-likeness (QED) is 0.877. The van der Waals surface area contributed by atoms with Crippen molar-refractivity contribution in [1.29, 1.82) is 0 Å². The van der Waals surface area contributed by atoms with E-state index in [1.54, 1.807) is 13.8 Å². The van der Waals surface area contributed by atoms with Crippen molar-refractivity contribution in [3.8, 4) is 0 Å². The Bertz CT molecular complexity index is 531. The van der Waals surface area contributed by atoms with E-state index in [4.69, 9.17) is 0 Å². The normalized spacial score (nSPS) is 23.9. The highest BCUT2D eigenvalue weighted by Gasteiger charge is 2.23. The molecule has 0 radical (unpaired) electrons. The lowest BCUT2D eigenvalue weighted by atomic mass is 9.81. The number of nitrogens with zero attached hydrogens (tertiary/aromatic N) is 1. The first-order valence-electron chi connectivity index (χ1n) is 7.41. The molecule has 0 bridgehead atoms. The molecule has 1 aliphatic rings. The van der Waals surface area contributed by atoms with E-state index in [0.29, 0.717) is 28.7 Å². The summed E-state index contributed by atoms with van der Waals surface area (Å²) in [6.45, 7) is 6.25. The van der Waals surface area contributed by atoms with E-state index in [1.165, 1.54) is 25.7 Å². The van der Waals surface area contributed by atoms with E-state index in [9.17, 15) is 8.42 Å². The Hall–Kier alpha value is -0.880. The van der Waals surface area contributed by atoms with Gasteiger partial charge >= 0.3 is 0 Å². The minimum Gasteiger partial charge on any atom is -0.281 e. The molecule has 2 rings (SSSR count). The molecule has 114 valence electrons. The third-order valence-corrected chi connectivity index (χ3v) is 5.94. The second-order valence-electron chi connectivity index (χ2n) is 6.09. The Balaban J connectivity index is 1.90. The van der Waals surface area contributed by atoms with Gasteiger partial charge in [0.1, 0.15) is 4.90 Å². The van der Waals surface area contributed by atoms with Crippen molar-refractivity contribution < 1.29 is 8.42 Å². The molecule has 5 nitrogen and oxygen atoms in total. The van der Waals surface area contributed by atoms with Gasteiger partial charge in [-0.05, 0) is 38.5 Å². The van der Waals surface area contributed by atoms with Crippen molar-refractivity contribution in [2.75, 3.05) is 6.54 Å². The molecule has 1 saturated carbocycles. The molecule has 1 fully saturated rings. The average molecular weight is 299 g/mol. The summed E-state index contributed by atoms with van der Waals surface area (Å²) in [5.74, 6) is 1.44. The van der Waals surface area contributed by atoms with Gasteiger partial charge in [0.15, 0.2) is 0 Å². The van der Waals surface area contributed by atoms with Crippen LogP contribution in [0.2, 0.25) is 0 Å². The van der Waals surface area contributed by atoms with Gasteiger partial charge in [-0.15, -0.1) is 0 Å². The second-order valence-corrected chi connectivity index (χ2v) is 7.79. The number of hydrogen-bond acceptors (Lipinski definition) is 3. The molecular weight excluding hydrogens is 274 g/mol. The van der Waals surface area contributed by atoms with Gasteiger partial charge in [-0.3, -0.25) is 5.10 Å². The Morgan fingerprint density at radius 3 is 2.70 bits per heavy atom. The zero-order valence-electron chi connectivity index (χ0n) is 12.6. The van der Waals surface area contributed by atoms with Crippen LogP contribution in [-0.2, 0) is 10.0 Å². The van der Waals surface area contributed by atoms with Gasteiger partial charge in [0, 0.05) is 6.54 Å². The Kier molecular flexibility index (Phi) is 4.86. The smallest absolute Gasteiger partial charge is 0.244 e. The zero-order valence-corrected chi connectivity index (χ0v) is 13.4. The fourth-order valence-electron chi connectivity index (χ4n) is 3.23. The van der Waals surface area contributed by atoms with Crippen LogP contribution in [0.5, 0.6) is 0 Å². The van der Waals surface area contributed by atoms with E-state index in [-0.39, 0.29) is 0 Å². The van der Waals surface area contributed by atoms with Crippen LogP contribution in [0.25, 0.3) is 0 Å². The minimum absolute atomic E-state index is 0.300. The number of aryl methyl sites for hydroxylation is 2. The number of aromatic amines is 1. The molecule has 2 atom stereocenters. The van der Waals surface area contributed by atoms with Crippen LogP contribution in [-0.4, -0.2) is 25.2 Å². The Morgan fingerprint density at radius 1 is 1.35 bits per heavy atom. The first-order valence-corrected chi connectivity index (χ1v) is 8.89. The SMILES string of the molecule is Cc1n[nH]c(C)c1S(=O)(=O)NCCC1CCCC(C)C1. The number of nitrogens with one attached hydrogen (secondary N) is 2. The molecule has 6 heteroatoms. The predicted octanol–water partition coefficient (Wildman–Crippen LogP) is 2.52. The van der Waals surface area contributed by atoms with Gasteiger partial charge in [-0.25, -0.2) is 13.1 Å². The number of hydrogen-bond donors (Lipinski definition) is 2. The number of rotatable bonds is 5. The lowest BCUT2D eigenvalue weighted by Gasteiger charge is -2.26. The molecule has 1 aliphatic carbocycles. The van der Waals surface area contributed by atoms with Crippen molar-refractivity contribution >= 4 is 10.0 Å². The van der Waals surface area contributed by atoms with E-state index >= 15 is 0 Å². The lowest BCUT2D eigenvalue weighted by molar-refractivity contribution is 0.271.